The molecular weight excluding hydrogens is 334 g/mol. The number of carbonyl (C=O) groups excluding carboxylic acids is 3. The summed E-state index contributed by atoms with van der Waals surface area (Å²) in [5, 5.41) is 4.94. The van der Waals surface area contributed by atoms with Gasteiger partial charge in [0.15, 0.2) is 0 Å². The van der Waals surface area contributed by atoms with Crippen LogP contribution in [0.25, 0.3) is 0 Å². The number of amides is 3. The van der Waals surface area contributed by atoms with Crippen molar-refractivity contribution in [3.8, 4) is 0 Å². The number of imide groups is 1. The lowest BCUT2D eigenvalue weighted by molar-refractivity contribution is -0.122. The van der Waals surface area contributed by atoms with Crippen LogP contribution in [0.4, 0.5) is 10.5 Å². The third-order valence-corrected chi connectivity index (χ3v) is 3.76. The number of likely N-dealkylation sites (N-methyl/N-ethyl adjacent to an activating group) is 1. The van der Waals surface area contributed by atoms with Crippen LogP contribution in [0.1, 0.15) is 39.2 Å². The Balaban J connectivity index is 2.46. The molecule has 0 atom stereocenters. The highest BCUT2D eigenvalue weighted by atomic mass is 16.5. The van der Waals surface area contributed by atoms with Gasteiger partial charge in [-0.2, -0.15) is 0 Å². The Morgan fingerprint density at radius 2 is 1.65 bits per heavy atom. The number of rotatable bonds is 10. The van der Waals surface area contributed by atoms with E-state index in [-0.39, 0.29) is 25.6 Å². The first-order valence-corrected chi connectivity index (χ1v) is 9.06. The lowest BCUT2D eigenvalue weighted by atomic mass is 10.1. The van der Waals surface area contributed by atoms with Crippen molar-refractivity contribution in [1.29, 1.82) is 0 Å². The maximum absolute atomic E-state index is 12.2. The second-order valence-corrected chi connectivity index (χ2v) is 5.92. The zero-order chi connectivity index (χ0) is 19.4. The number of hydrogen-bond donors (Lipinski definition) is 2. The molecule has 0 saturated heterocycles. The van der Waals surface area contributed by atoms with E-state index >= 15 is 0 Å². The fraction of sp³-hybridized carbons (Fsp3) is 0.526. The molecule has 26 heavy (non-hydrogen) atoms. The smallest absolute Gasteiger partial charge is 0.413 e. The summed E-state index contributed by atoms with van der Waals surface area (Å²) in [6.07, 6.45) is 2.55. The van der Waals surface area contributed by atoms with Crippen LogP contribution in [0.2, 0.25) is 0 Å². The first-order valence-electron chi connectivity index (χ1n) is 9.06. The molecule has 0 aliphatic carbocycles. The fourth-order valence-corrected chi connectivity index (χ4v) is 2.34. The summed E-state index contributed by atoms with van der Waals surface area (Å²) in [5.41, 5.74) is 1.97. The maximum atomic E-state index is 12.2. The topological polar surface area (TPSA) is 87.7 Å². The highest BCUT2D eigenvalue weighted by molar-refractivity contribution is 5.94. The molecule has 0 saturated carbocycles. The lowest BCUT2D eigenvalue weighted by Crippen LogP contribution is -2.43. The minimum Gasteiger partial charge on any atom is -0.450 e. The number of benzene rings is 1. The zero-order valence-electron chi connectivity index (χ0n) is 15.8. The Morgan fingerprint density at radius 1 is 1.00 bits per heavy atom. The van der Waals surface area contributed by atoms with Gasteiger partial charge < -0.3 is 10.1 Å². The van der Waals surface area contributed by atoms with Crippen LogP contribution >= 0.6 is 0 Å². The van der Waals surface area contributed by atoms with Gasteiger partial charge in [0.1, 0.15) is 0 Å². The highest BCUT2D eigenvalue weighted by Crippen LogP contribution is 2.11. The Morgan fingerprint density at radius 3 is 2.23 bits per heavy atom. The van der Waals surface area contributed by atoms with Gasteiger partial charge in [-0.3, -0.25) is 19.8 Å². The molecule has 1 aromatic rings. The number of ether oxygens (including phenoxy) is 1. The monoisotopic (exact) mass is 363 g/mol. The number of nitrogens with one attached hydrogen (secondary N) is 2. The van der Waals surface area contributed by atoms with Gasteiger partial charge >= 0.3 is 6.09 Å². The average Bonchev–Trinajstić information content (AvgIpc) is 2.60. The van der Waals surface area contributed by atoms with Crippen LogP contribution in [0, 0.1) is 0 Å². The molecule has 3 amide bonds. The Kier molecular flexibility index (Phi) is 10.0. The summed E-state index contributed by atoms with van der Waals surface area (Å²) < 4.78 is 4.65. The minimum absolute atomic E-state index is 0.0569. The van der Waals surface area contributed by atoms with Crippen molar-refractivity contribution in [3.63, 3.8) is 0 Å². The molecule has 2 N–H and O–H groups in total. The van der Waals surface area contributed by atoms with Gasteiger partial charge in [-0.15, -0.1) is 0 Å². The van der Waals surface area contributed by atoms with E-state index in [1.807, 2.05) is 31.2 Å². The van der Waals surface area contributed by atoms with E-state index in [1.165, 1.54) is 5.56 Å². The molecule has 0 spiro atoms. The number of aryl methyl sites for hydroxylation is 1. The Labute approximate surface area is 155 Å². The number of nitrogens with zero attached hydrogens (tertiary/aromatic N) is 1. The molecule has 0 radical (unpaired) electrons. The normalized spacial score (nSPS) is 10.5. The van der Waals surface area contributed by atoms with E-state index in [0.29, 0.717) is 6.54 Å². The molecule has 0 heterocycles. The van der Waals surface area contributed by atoms with Gasteiger partial charge in [-0.1, -0.05) is 32.4 Å². The standard InChI is InChI=1S/C19H29N3O4/c1-4-7-8-15-9-11-16(12-10-15)20-17(23)13-22(5-2)14-18(24)21-19(25)26-6-3/h9-12H,4-8,13-14H2,1-3H3,(H,20,23)(H,21,24,25). The summed E-state index contributed by atoms with van der Waals surface area (Å²) in [5.74, 6) is -0.713. The van der Waals surface area contributed by atoms with E-state index < -0.39 is 12.0 Å². The van der Waals surface area contributed by atoms with Gasteiger partial charge in [0, 0.05) is 5.69 Å². The molecule has 0 aliphatic heterocycles. The third kappa shape index (κ3) is 8.62. The second-order valence-electron chi connectivity index (χ2n) is 5.92. The molecule has 1 rings (SSSR count). The van der Waals surface area contributed by atoms with E-state index in [4.69, 9.17) is 0 Å². The van der Waals surface area contributed by atoms with Gasteiger partial charge in [-0.25, -0.2) is 4.79 Å². The largest absolute Gasteiger partial charge is 0.450 e. The number of alkyl carbamates (subject to hydrolysis) is 1. The van der Waals surface area contributed by atoms with E-state index in [2.05, 4.69) is 22.3 Å². The number of anilines is 1. The number of hydrogen-bond acceptors (Lipinski definition) is 5. The van der Waals surface area contributed by atoms with Crippen LogP contribution in [-0.2, 0) is 20.7 Å². The van der Waals surface area contributed by atoms with Crippen LogP contribution in [0.5, 0.6) is 0 Å². The van der Waals surface area contributed by atoms with Crippen LogP contribution in [0.3, 0.4) is 0 Å². The first kappa shape index (κ1) is 21.6. The van der Waals surface area contributed by atoms with Gasteiger partial charge in [0.25, 0.3) is 0 Å². The molecule has 144 valence electrons. The second kappa shape index (κ2) is 12.0. The summed E-state index contributed by atoms with van der Waals surface area (Å²) in [6, 6.07) is 7.78. The summed E-state index contributed by atoms with van der Waals surface area (Å²) >= 11 is 0. The van der Waals surface area contributed by atoms with E-state index in [0.717, 1.165) is 24.9 Å². The predicted molar refractivity (Wildman–Crippen MR) is 101 cm³/mol. The van der Waals surface area contributed by atoms with Gasteiger partial charge in [-0.05, 0) is 44.0 Å². The van der Waals surface area contributed by atoms with Crippen LogP contribution in [0.15, 0.2) is 24.3 Å². The molecule has 7 nitrogen and oxygen atoms in total. The highest BCUT2D eigenvalue weighted by Gasteiger charge is 2.15. The molecule has 1 aromatic carbocycles. The molecule has 0 unspecified atom stereocenters. The molecular formula is C19H29N3O4. The Bertz CT molecular complexity index is 587. The lowest BCUT2D eigenvalue weighted by Gasteiger charge is -2.19. The van der Waals surface area contributed by atoms with Crippen LogP contribution in [-0.4, -0.2) is 49.0 Å². The number of unbranched alkanes of at least 4 members (excludes halogenated alkanes) is 1. The molecule has 0 aromatic heterocycles. The van der Waals surface area contributed by atoms with Gasteiger partial charge in [0.2, 0.25) is 11.8 Å². The predicted octanol–water partition coefficient (Wildman–Crippen LogP) is 2.56. The Hall–Kier alpha value is -2.41. The quantitative estimate of drug-likeness (QED) is 0.667. The van der Waals surface area contributed by atoms with Crippen molar-refractivity contribution in [2.75, 3.05) is 31.6 Å². The number of carbonyl (C=O) groups is 3. The van der Waals surface area contributed by atoms with Gasteiger partial charge in [0.05, 0.1) is 19.7 Å². The van der Waals surface area contributed by atoms with Crippen molar-refractivity contribution in [1.82, 2.24) is 10.2 Å². The van der Waals surface area contributed by atoms with E-state index in [1.54, 1.807) is 11.8 Å². The molecule has 0 aliphatic rings. The van der Waals surface area contributed by atoms with E-state index in [9.17, 15) is 14.4 Å². The SMILES string of the molecule is CCCCc1ccc(NC(=O)CN(CC)CC(=O)NC(=O)OCC)cc1. The molecule has 0 bridgehead atoms. The van der Waals surface area contributed by atoms with Crippen molar-refractivity contribution < 1.29 is 19.1 Å². The van der Waals surface area contributed by atoms with Crippen LogP contribution < -0.4 is 10.6 Å². The first-order chi connectivity index (χ1) is 12.5. The molecule has 7 heteroatoms. The zero-order valence-corrected chi connectivity index (χ0v) is 15.8. The average molecular weight is 363 g/mol. The van der Waals surface area contributed by atoms with Crippen molar-refractivity contribution in [2.45, 2.75) is 40.0 Å². The fourth-order valence-electron chi connectivity index (χ4n) is 2.34. The summed E-state index contributed by atoms with van der Waals surface area (Å²) in [4.78, 5) is 36.8. The third-order valence-electron chi connectivity index (χ3n) is 3.76. The van der Waals surface area contributed by atoms with Crippen molar-refractivity contribution >= 4 is 23.6 Å². The minimum atomic E-state index is -0.777. The van der Waals surface area contributed by atoms with Crippen molar-refractivity contribution in [2.24, 2.45) is 0 Å². The molecule has 0 fully saturated rings. The maximum Gasteiger partial charge on any atom is 0.413 e. The summed E-state index contributed by atoms with van der Waals surface area (Å²) in [6.45, 7) is 6.34. The summed E-state index contributed by atoms with van der Waals surface area (Å²) in [7, 11) is 0. The van der Waals surface area contributed by atoms with Crippen molar-refractivity contribution in [3.05, 3.63) is 29.8 Å².